The number of carbonyl (C=O) groups excluding carboxylic acids is 2. The van der Waals surface area contributed by atoms with Crippen molar-refractivity contribution >= 4 is 28.3 Å². The summed E-state index contributed by atoms with van der Waals surface area (Å²) >= 11 is 1.19. The molecule has 1 aliphatic heterocycles. The van der Waals surface area contributed by atoms with Crippen molar-refractivity contribution in [1.29, 1.82) is 0 Å². The number of hydrogen-bond donors (Lipinski definition) is 1. The first kappa shape index (κ1) is 14.0. The number of rotatable bonds is 3. The maximum Gasteiger partial charge on any atom is 0.265 e. The van der Waals surface area contributed by atoms with Crippen LogP contribution in [0.4, 0.5) is 5.13 Å². The second kappa shape index (κ2) is 5.66. The summed E-state index contributed by atoms with van der Waals surface area (Å²) in [6.07, 6.45) is 1.25. The number of thiazole rings is 1. The molecule has 0 aliphatic carbocycles. The average Bonchev–Trinajstić information content (AvgIpc) is 2.97. The Bertz CT molecular complexity index is 492. The van der Waals surface area contributed by atoms with E-state index in [0.717, 1.165) is 12.8 Å². The predicted octanol–water partition coefficient (Wildman–Crippen LogP) is 1.27. The fourth-order valence-electron chi connectivity index (χ4n) is 1.82. The molecule has 0 aromatic carbocycles. The fraction of sp³-hybridized carbons (Fsp3) is 0.583. The molecule has 1 saturated heterocycles. The average molecular weight is 283 g/mol. The zero-order chi connectivity index (χ0) is 14.0. The van der Waals surface area contributed by atoms with Crippen molar-refractivity contribution in [2.24, 2.45) is 0 Å². The van der Waals surface area contributed by atoms with Crippen LogP contribution in [0, 0.1) is 6.92 Å². The summed E-state index contributed by atoms with van der Waals surface area (Å²) in [4.78, 5) is 30.0. The maximum absolute atomic E-state index is 11.9. The minimum absolute atomic E-state index is 0.104. The van der Waals surface area contributed by atoms with Crippen molar-refractivity contribution in [2.75, 3.05) is 26.0 Å². The Morgan fingerprint density at radius 3 is 2.79 bits per heavy atom. The van der Waals surface area contributed by atoms with Gasteiger partial charge in [-0.05, 0) is 19.8 Å². The van der Waals surface area contributed by atoms with Gasteiger partial charge in [-0.25, -0.2) is 4.98 Å². The number of aromatic nitrogens is 1. The lowest BCUT2D eigenvalue weighted by atomic mass is 10.2. The molecular weight excluding hydrogens is 266 g/mol. The molecule has 104 valence electrons. The number of nitrogens with one attached hydrogen (secondary N) is 1. The SMILES string of the molecule is Cc1nc(NC(=O)C2CCCO2)sc1C(=O)N(C)C. The number of nitrogens with zero attached hydrogens (tertiary/aromatic N) is 2. The summed E-state index contributed by atoms with van der Waals surface area (Å²) in [6, 6.07) is 0. The van der Waals surface area contributed by atoms with E-state index >= 15 is 0 Å². The summed E-state index contributed by atoms with van der Waals surface area (Å²) < 4.78 is 5.30. The van der Waals surface area contributed by atoms with E-state index in [2.05, 4.69) is 10.3 Å². The molecule has 1 aromatic rings. The molecule has 0 radical (unpaired) electrons. The minimum atomic E-state index is -0.391. The monoisotopic (exact) mass is 283 g/mol. The Morgan fingerprint density at radius 1 is 1.47 bits per heavy atom. The first-order valence-corrected chi connectivity index (χ1v) is 6.92. The van der Waals surface area contributed by atoms with Crippen molar-refractivity contribution in [3.63, 3.8) is 0 Å². The van der Waals surface area contributed by atoms with Crippen LogP contribution >= 0.6 is 11.3 Å². The first-order chi connectivity index (χ1) is 8.99. The van der Waals surface area contributed by atoms with E-state index in [1.54, 1.807) is 21.0 Å². The van der Waals surface area contributed by atoms with E-state index in [4.69, 9.17) is 4.74 Å². The van der Waals surface area contributed by atoms with Gasteiger partial charge in [0.25, 0.3) is 11.8 Å². The summed E-state index contributed by atoms with van der Waals surface area (Å²) in [6.45, 7) is 2.38. The number of carbonyl (C=O) groups is 2. The standard InChI is InChI=1S/C12H17N3O3S/c1-7-9(11(17)15(2)3)19-12(13-7)14-10(16)8-5-4-6-18-8/h8H,4-6H2,1-3H3,(H,13,14,16). The van der Waals surface area contributed by atoms with Gasteiger partial charge < -0.3 is 9.64 Å². The third-order valence-corrected chi connectivity index (χ3v) is 3.91. The van der Waals surface area contributed by atoms with Crippen molar-refractivity contribution in [2.45, 2.75) is 25.9 Å². The molecule has 0 bridgehead atoms. The van der Waals surface area contributed by atoms with Gasteiger partial charge in [0, 0.05) is 20.7 Å². The molecule has 2 amide bonds. The molecule has 0 spiro atoms. The topological polar surface area (TPSA) is 71.5 Å². The van der Waals surface area contributed by atoms with Crippen LogP contribution in [0.5, 0.6) is 0 Å². The summed E-state index contributed by atoms with van der Waals surface area (Å²) in [5, 5.41) is 3.16. The number of amides is 2. The van der Waals surface area contributed by atoms with E-state index in [-0.39, 0.29) is 11.8 Å². The van der Waals surface area contributed by atoms with Crippen molar-refractivity contribution in [1.82, 2.24) is 9.88 Å². The van der Waals surface area contributed by atoms with Gasteiger partial charge in [-0.2, -0.15) is 0 Å². The summed E-state index contributed by atoms with van der Waals surface area (Å²) in [5.41, 5.74) is 0.631. The van der Waals surface area contributed by atoms with E-state index < -0.39 is 6.10 Å². The van der Waals surface area contributed by atoms with Crippen molar-refractivity contribution < 1.29 is 14.3 Å². The summed E-state index contributed by atoms with van der Waals surface area (Å²) in [7, 11) is 3.37. The highest BCUT2D eigenvalue weighted by Crippen LogP contribution is 2.24. The Kier molecular flexibility index (Phi) is 4.16. The third-order valence-electron chi connectivity index (χ3n) is 2.85. The largest absolute Gasteiger partial charge is 0.368 e. The molecule has 1 N–H and O–H groups in total. The van der Waals surface area contributed by atoms with Gasteiger partial charge in [0.2, 0.25) is 0 Å². The van der Waals surface area contributed by atoms with E-state index in [9.17, 15) is 9.59 Å². The van der Waals surface area contributed by atoms with Crippen molar-refractivity contribution in [3.05, 3.63) is 10.6 Å². The van der Waals surface area contributed by atoms with Crippen LogP contribution in [-0.4, -0.2) is 48.5 Å². The van der Waals surface area contributed by atoms with Gasteiger partial charge in [-0.3, -0.25) is 14.9 Å². The van der Waals surface area contributed by atoms with Gasteiger partial charge in [-0.15, -0.1) is 0 Å². The molecule has 1 unspecified atom stereocenters. The van der Waals surface area contributed by atoms with E-state index in [1.807, 2.05) is 0 Å². The number of anilines is 1. The zero-order valence-electron chi connectivity index (χ0n) is 11.2. The van der Waals surface area contributed by atoms with Gasteiger partial charge >= 0.3 is 0 Å². The molecule has 7 heteroatoms. The number of aryl methyl sites for hydroxylation is 1. The molecule has 1 atom stereocenters. The molecule has 2 rings (SSSR count). The highest BCUT2D eigenvalue weighted by atomic mass is 32.1. The second-order valence-corrected chi connectivity index (χ2v) is 5.62. The lowest BCUT2D eigenvalue weighted by Crippen LogP contribution is -2.26. The lowest BCUT2D eigenvalue weighted by Gasteiger charge is -2.08. The fourth-order valence-corrected chi connectivity index (χ4v) is 2.81. The van der Waals surface area contributed by atoms with Gasteiger partial charge in [0.1, 0.15) is 11.0 Å². The van der Waals surface area contributed by atoms with Crippen LogP contribution in [0.2, 0.25) is 0 Å². The highest BCUT2D eigenvalue weighted by molar-refractivity contribution is 7.17. The minimum Gasteiger partial charge on any atom is -0.368 e. The van der Waals surface area contributed by atoms with Crippen LogP contribution in [0.15, 0.2) is 0 Å². The second-order valence-electron chi connectivity index (χ2n) is 4.62. The Balaban J connectivity index is 2.07. The zero-order valence-corrected chi connectivity index (χ0v) is 12.0. The predicted molar refractivity (Wildman–Crippen MR) is 72.5 cm³/mol. The van der Waals surface area contributed by atoms with Gasteiger partial charge in [0.15, 0.2) is 5.13 Å². The quantitative estimate of drug-likeness (QED) is 0.907. The molecule has 2 heterocycles. The summed E-state index contributed by atoms with van der Waals surface area (Å²) in [5.74, 6) is -0.289. The maximum atomic E-state index is 11.9. The number of hydrogen-bond acceptors (Lipinski definition) is 5. The van der Waals surface area contributed by atoms with Crippen LogP contribution in [0.25, 0.3) is 0 Å². The molecule has 0 saturated carbocycles. The van der Waals surface area contributed by atoms with Crippen LogP contribution < -0.4 is 5.32 Å². The molecular formula is C12H17N3O3S. The van der Waals surface area contributed by atoms with Crippen molar-refractivity contribution in [3.8, 4) is 0 Å². The molecule has 19 heavy (non-hydrogen) atoms. The van der Waals surface area contributed by atoms with E-state index in [0.29, 0.717) is 22.3 Å². The third kappa shape index (κ3) is 3.10. The van der Waals surface area contributed by atoms with Gasteiger partial charge in [-0.1, -0.05) is 11.3 Å². The molecule has 1 aromatic heterocycles. The van der Waals surface area contributed by atoms with Crippen LogP contribution in [0.3, 0.4) is 0 Å². The molecule has 1 aliphatic rings. The molecule has 6 nitrogen and oxygen atoms in total. The smallest absolute Gasteiger partial charge is 0.265 e. The van der Waals surface area contributed by atoms with E-state index in [1.165, 1.54) is 16.2 Å². The molecule has 1 fully saturated rings. The Morgan fingerprint density at radius 2 is 2.21 bits per heavy atom. The Labute approximate surface area is 115 Å². The highest BCUT2D eigenvalue weighted by Gasteiger charge is 2.25. The van der Waals surface area contributed by atoms with Gasteiger partial charge in [0.05, 0.1) is 5.69 Å². The first-order valence-electron chi connectivity index (χ1n) is 6.10. The van der Waals surface area contributed by atoms with Crippen LogP contribution in [-0.2, 0) is 9.53 Å². The Hall–Kier alpha value is -1.47. The number of ether oxygens (including phenoxy) is 1. The normalized spacial score (nSPS) is 18.4. The lowest BCUT2D eigenvalue weighted by molar-refractivity contribution is -0.124. The van der Waals surface area contributed by atoms with Crippen LogP contribution in [0.1, 0.15) is 28.2 Å².